The van der Waals surface area contributed by atoms with Gasteiger partial charge in [0.1, 0.15) is 11.5 Å². The molecule has 1 aromatic heterocycles. The topological polar surface area (TPSA) is 33.4 Å². The first kappa shape index (κ1) is 13.1. The lowest BCUT2D eigenvalue weighted by Gasteiger charge is -2.02. The van der Waals surface area contributed by atoms with E-state index in [1.807, 2.05) is 32.0 Å². The molecule has 0 aliphatic carbocycles. The van der Waals surface area contributed by atoms with Gasteiger partial charge < -0.3 is 9.52 Å². The van der Waals surface area contributed by atoms with Crippen LogP contribution in [0.15, 0.2) is 39.6 Å². The molecule has 0 saturated heterocycles. The first-order valence-corrected chi connectivity index (χ1v) is 7.25. The van der Waals surface area contributed by atoms with Crippen LogP contribution >= 0.6 is 11.8 Å². The van der Waals surface area contributed by atoms with Crippen LogP contribution in [-0.4, -0.2) is 5.11 Å². The number of aryl methyl sites for hydroxylation is 2. The van der Waals surface area contributed by atoms with Crippen molar-refractivity contribution >= 4 is 11.8 Å². The van der Waals surface area contributed by atoms with Gasteiger partial charge in [-0.3, -0.25) is 0 Å². The minimum absolute atomic E-state index is 0.329. The van der Waals surface area contributed by atoms with Crippen molar-refractivity contribution in [3.8, 4) is 5.75 Å². The summed E-state index contributed by atoms with van der Waals surface area (Å²) in [7, 11) is 0. The fourth-order valence-electron chi connectivity index (χ4n) is 1.85. The van der Waals surface area contributed by atoms with Gasteiger partial charge in [-0.25, -0.2) is 0 Å². The van der Waals surface area contributed by atoms with Gasteiger partial charge in [0.15, 0.2) is 5.75 Å². The minimum atomic E-state index is 0.329. The van der Waals surface area contributed by atoms with Crippen LogP contribution in [0.3, 0.4) is 0 Å². The fraction of sp³-hybridized carbons (Fsp3) is 0.333. The van der Waals surface area contributed by atoms with Crippen molar-refractivity contribution in [1.29, 1.82) is 0 Å². The van der Waals surface area contributed by atoms with Crippen molar-refractivity contribution in [3.63, 3.8) is 0 Å². The number of hydrogen-bond acceptors (Lipinski definition) is 3. The second-order valence-corrected chi connectivity index (χ2v) is 5.09. The zero-order chi connectivity index (χ0) is 13.0. The Hall–Kier alpha value is -1.35. The van der Waals surface area contributed by atoms with E-state index in [2.05, 4.69) is 12.1 Å². The molecule has 0 aliphatic rings. The van der Waals surface area contributed by atoms with E-state index in [1.165, 1.54) is 5.56 Å². The molecule has 1 heterocycles. The molecule has 0 saturated carbocycles. The summed E-state index contributed by atoms with van der Waals surface area (Å²) in [6.07, 6.45) is 1.54. The van der Waals surface area contributed by atoms with Crippen LogP contribution in [0.4, 0.5) is 0 Å². The molecule has 2 aromatic rings. The second-order valence-electron chi connectivity index (χ2n) is 4.11. The van der Waals surface area contributed by atoms with Crippen LogP contribution < -0.4 is 0 Å². The monoisotopic (exact) mass is 262 g/mol. The molecule has 96 valence electrons. The van der Waals surface area contributed by atoms with Gasteiger partial charge >= 0.3 is 0 Å². The van der Waals surface area contributed by atoms with Gasteiger partial charge in [0, 0.05) is 18.6 Å². The van der Waals surface area contributed by atoms with E-state index in [1.54, 1.807) is 11.8 Å². The average molecular weight is 262 g/mol. The number of benzene rings is 1. The average Bonchev–Trinajstić information content (AvgIpc) is 2.73. The van der Waals surface area contributed by atoms with Crippen LogP contribution in [-0.2, 0) is 18.6 Å². The van der Waals surface area contributed by atoms with Crippen molar-refractivity contribution in [3.05, 3.63) is 47.4 Å². The highest BCUT2D eigenvalue weighted by Gasteiger charge is 2.17. The molecule has 0 spiro atoms. The standard InChI is InChI=1S/C15H18O2S/c1-3-12-14(16)15(13(4-2)17-12)18-10-11-8-6-5-7-9-11/h5-9,16H,3-4,10H2,1-2H3. The van der Waals surface area contributed by atoms with E-state index in [0.717, 1.165) is 29.3 Å². The lowest BCUT2D eigenvalue weighted by molar-refractivity contribution is 0.423. The molecule has 3 heteroatoms. The maximum Gasteiger partial charge on any atom is 0.171 e. The number of aromatic hydroxyl groups is 1. The van der Waals surface area contributed by atoms with E-state index in [-0.39, 0.29) is 0 Å². The quantitative estimate of drug-likeness (QED) is 0.811. The molecule has 2 rings (SSSR count). The number of furan rings is 1. The summed E-state index contributed by atoms with van der Waals surface area (Å²) in [5, 5.41) is 10.1. The summed E-state index contributed by atoms with van der Waals surface area (Å²) >= 11 is 1.64. The van der Waals surface area contributed by atoms with E-state index in [9.17, 15) is 5.11 Å². The Bertz CT molecular complexity index is 503. The Balaban J connectivity index is 2.16. The summed E-state index contributed by atoms with van der Waals surface area (Å²) in [6.45, 7) is 4.04. The highest BCUT2D eigenvalue weighted by Crippen LogP contribution is 2.39. The predicted molar refractivity (Wildman–Crippen MR) is 75.1 cm³/mol. The van der Waals surface area contributed by atoms with Gasteiger partial charge in [-0.15, -0.1) is 11.8 Å². The number of thioether (sulfide) groups is 1. The van der Waals surface area contributed by atoms with E-state index < -0.39 is 0 Å². The molecule has 0 amide bonds. The highest BCUT2D eigenvalue weighted by molar-refractivity contribution is 7.98. The summed E-state index contributed by atoms with van der Waals surface area (Å²) in [6, 6.07) is 10.3. The molecule has 18 heavy (non-hydrogen) atoms. The summed E-state index contributed by atoms with van der Waals surface area (Å²) in [5.41, 5.74) is 1.25. The van der Waals surface area contributed by atoms with Crippen LogP contribution in [0.5, 0.6) is 5.75 Å². The zero-order valence-corrected chi connectivity index (χ0v) is 11.6. The maximum atomic E-state index is 10.1. The van der Waals surface area contributed by atoms with Crippen molar-refractivity contribution in [2.75, 3.05) is 0 Å². The Morgan fingerprint density at radius 2 is 1.72 bits per heavy atom. The smallest absolute Gasteiger partial charge is 0.171 e. The first-order valence-electron chi connectivity index (χ1n) is 6.26. The fourth-order valence-corrected chi connectivity index (χ4v) is 2.95. The van der Waals surface area contributed by atoms with E-state index in [4.69, 9.17) is 4.42 Å². The third-order valence-electron chi connectivity index (χ3n) is 2.85. The molecule has 1 aromatic carbocycles. The van der Waals surface area contributed by atoms with Gasteiger partial charge in [0.2, 0.25) is 0 Å². The minimum Gasteiger partial charge on any atom is -0.504 e. The summed E-state index contributed by atoms with van der Waals surface area (Å²) < 4.78 is 5.66. The van der Waals surface area contributed by atoms with Crippen molar-refractivity contribution in [2.24, 2.45) is 0 Å². The Kier molecular flexibility index (Phi) is 4.37. The van der Waals surface area contributed by atoms with Gasteiger partial charge in [-0.2, -0.15) is 0 Å². The largest absolute Gasteiger partial charge is 0.504 e. The maximum absolute atomic E-state index is 10.1. The third kappa shape index (κ3) is 2.72. The molecular weight excluding hydrogens is 244 g/mol. The summed E-state index contributed by atoms with van der Waals surface area (Å²) in [4.78, 5) is 0.901. The lowest BCUT2D eigenvalue weighted by Crippen LogP contribution is -1.82. The molecular formula is C15H18O2S. The van der Waals surface area contributed by atoms with Crippen LogP contribution in [0, 0.1) is 0 Å². The van der Waals surface area contributed by atoms with Crippen LogP contribution in [0.2, 0.25) is 0 Å². The SMILES string of the molecule is CCc1oc(CC)c(SCc2ccccc2)c1O. The lowest BCUT2D eigenvalue weighted by atomic mass is 10.2. The Morgan fingerprint density at radius 3 is 2.33 bits per heavy atom. The van der Waals surface area contributed by atoms with Crippen LogP contribution in [0.1, 0.15) is 30.9 Å². The molecule has 1 N–H and O–H groups in total. The zero-order valence-electron chi connectivity index (χ0n) is 10.8. The van der Waals surface area contributed by atoms with Gasteiger partial charge in [-0.1, -0.05) is 44.2 Å². The van der Waals surface area contributed by atoms with Crippen LogP contribution in [0.25, 0.3) is 0 Å². The molecule has 0 unspecified atom stereocenters. The molecule has 0 fully saturated rings. The highest BCUT2D eigenvalue weighted by atomic mass is 32.2. The van der Waals surface area contributed by atoms with Gasteiger partial charge in [0.25, 0.3) is 0 Å². The number of hydrogen-bond donors (Lipinski definition) is 1. The van der Waals surface area contributed by atoms with Gasteiger partial charge in [0.05, 0.1) is 4.90 Å². The molecule has 0 aliphatic heterocycles. The van der Waals surface area contributed by atoms with Crippen molar-refractivity contribution in [2.45, 2.75) is 37.3 Å². The van der Waals surface area contributed by atoms with Crippen molar-refractivity contribution < 1.29 is 9.52 Å². The number of rotatable bonds is 5. The second kappa shape index (κ2) is 6.01. The predicted octanol–water partition coefficient (Wildman–Crippen LogP) is 4.40. The normalized spacial score (nSPS) is 10.8. The molecule has 0 atom stereocenters. The summed E-state index contributed by atoms with van der Waals surface area (Å²) in [5.74, 6) is 2.77. The Morgan fingerprint density at radius 1 is 1.06 bits per heavy atom. The third-order valence-corrected chi connectivity index (χ3v) is 4.03. The van der Waals surface area contributed by atoms with Gasteiger partial charge in [-0.05, 0) is 5.56 Å². The first-order chi connectivity index (χ1) is 8.76. The van der Waals surface area contributed by atoms with Crippen molar-refractivity contribution in [1.82, 2.24) is 0 Å². The van der Waals surface area contributed by atoms with E-state index >= 15 is 0 Å². The molecule has 2 nitrogen and oxygen atoms in total. The molecule has 0 radical (unpaired) electrons. The Labute approximate surface area is 112 Å². The molecule has 0 bridgehead atoms. The van der Waals surface area contributed by atoms with E-state index in [0.29, 0.717) is 11.5 Å².